The van der Waals surface area contributed by atoms with E-state index in [0.29, 0.717) is 11.0 Å². The van der Waals surface area contributed by atoms with Crippen molar-refractivity contribution in [1.29, 1.82) is 0 Å². The third-order valence-electron chi connectivity index (χ3n) is 2.32. The van der Waals surface area contributed by atoms with Crippen LogP contribution in [-0.4, -0.2) is 16.1 Å². The summed E-state index contributed by atoms with van der Waals surface area (Å²) >= 11 is 3.35. The number of aromatic amines is 1. The summed E-state index contributed by atoms with van der Waals surface area (Å²) in [5, 5.41) is 9.27. The van der Waals surface area contributed by atoms with Crippen molar-refractivity contribution >= 4 is 27.5 Å². The molecule has 2 N–H and O–H groups in total. The Hall–Kier alpha value is -1.95. The molecule has 18 heavy (non-hydrogen) atoms. The number of nitrogens with zero attached hydrogens (tertiary/aromatic N) is 1. The Bertz CT molecular complexity index is 604. The summed E-state index contributed by atoms with van der Waals surface area (Å²) < 4.78 is 0. The van der Waals surface area contributed by atoms with Gasteiger partial charge in [0.05, 0.1) is 0 Å². The van der Waals surface area contributed by atoms with Gasteiger partial charge in [0.25, 0.3) is 11.5 Å². The molecule has 0 radical (unpaired) electrons. The molecule has 1 aromatic carbocycles. The molecule has 0 aliphatic heterocycles. The molecular formula is C12H10BrN3O2. The molecule has 6 heteroatoms. The highest BCUT2D eigenvalue weighted by Crippen LogP contribution is 2.18. The van der Waals surface area contributed by atoms with Crippen LogP contribution in [-0.2, 0) is 5.33 Å². The van der Waals surface area contributed by atoms with Crippen LogP contribution in [0.25, 0.3) is 0 Å². The largest absolute Gasteiger partial charge is 0.320 e. The fourth-order valence-electron chi connectivity index (χ4n) is 1.42. The average Bonchev–Trinajstić information content (AvgIpc) is 2.40. The molecule has 1 heterocycles. The van der Waals surface area contributed by atoms with Crippen molar-refractivity contribution in [2.75, 3.05) is 5.32 Å². The van der Waals surface area contributed by atoms with E-state index < -0.39 is 0 Å². The minimum Gasteiger partial charge on any atom is -0.320 e. The Morgan fingerprint density at radius 1 is 1.28 bits per heavy atom. The number of benzene rings is 1. The first-order valence-corrected chi connectivity index (χ1v) is 6.34. The standard InChI is InChI=1S/C12H10BrN3O2/c13-7-8-3-1-2-4-9(8)14-12(18)10-5-6-11(17)16-15-10/h1-6H,7H2,(H,14,18)(H,16,17). The molecule has 0 unspecified atom stereocenters. The van der Waals surface area contributed by atoms with Gasteiger partial charge in [-0.05, 0) is 17.7 Å². The number of hydrogen-bond acceptors (Lipinski definition) is 3. The monoisotopic (exact) mass is 307 g/mol. The third kappa shape index (κ3) is 2.84. The SMILES string of the molecule is O=C(Nc1ccccc1CBr)c1ccc(=O)[nH]n1. The second-order valence-corrected chi connectivity index (χ2v) is 4.11. The molecule has 0 atom stereocenters. The first-order chi connectivity index (χ1) is 8.70. The summed E-state index contributed by atoms with van der Waals surface area (Å²) in [6.45, 7) is 0. The fraction of sp³-hybridized carbons (Fsp3) is 0.0833. The second kappa shape index (κ2) is 5.59. The molecule has 5 nitrogen and oxygen atoms in total. The average molecular weight is 308 g/mol. The van der Waals surface area contributed by atoms with E-state index in [0.717, 1.165) is 5.56 Å². The van der Waals surface area contributed by atoms with Crippen molar-refractivity contribution in [3.8, 4) is 0 Å². The van der Waals surface area contributed by atoms with E-state index in [1.54, 1.807) is 6.07 Å². The van der Waals surface area contributed by atoms with E-state index >= 15 is 0 Å². The summed E-state index contributed by atoms with van der Waals surface area (Å²) in [6.07, 6.45) is 0. The number of aromatic nitrogens is 2. The molecule has 0 fully saturated rings. The van der Waals surface area contributed by atoms with Crippen molar-refractivity contribution in [2.45, 2.75) is 5.33 Å². The highest BCUT2D eigenvalue weighted by atomic mass is 79.9. The summed E-state index contributed by atoms with van der Waals surface area (Å²) in [7, 11) is 0. The molecule has 0 saturated carbocycles. The van der Waals surface area contributed by atoms with Crippen molar-refractivity contribution in [1.82, 2.24) is 10.2 Å². The molecular weight excluding hydrogens is 298 g/mol. The van der Waals surface area contributed by atoms with Crippen molar-refractivity contribution in [2.24, 2.45) is 0 Å². The lowest BCUT2D eigenvalue weighted by Gasteiger charge is -2.08. The minimum absolute atomic E-state index is 0.166. The Balaban J connectivity index is 2.21. The molecule has 0 bridgehead atoms. The minimum atomic E-state index is -0.361. The molecule has 92 valence electrons. The van der Waals surface area contributed by atoms with E-state index in [-0.39, 0.29) is 17.2 Å². The van der Waals surface area contributed by atoms with Gasteiger partial charge in [0, 0.05) is 17.1 Å². The number of nitrogens with one attached hydrogen (secondary N) is 2. The van der Waals surface area contributed by atoms with E-state index in [1.807, 2.05) is 18.2 Å². The normalized spacial score (nSPS) is 10.1. The number of anilines is 1. The van der Waals surface area contributed by atoms with Crippen LogP contribution >= 0.6 is 15.9 Å². The predicted octanol–water partition coefficient (Wildman–Crippen LogP) is 1.92. The molecule has 2 rings (SSSR count). The summed E-state index contributed by atoms with van der Waals surface area (Å²) in [4.78, 5) is 22.7. The number of halogens is 1. The van der Waals surface area contributed by atoms with E-state index in [9.17, 15) is 9.59 Å². The number of carbonyl (C=O) groups is 1. The Kier molecular flexibility index (Phi) is 3.88. The van der Waals surface area contributed by atoms with Gasteiger partial charge in [0.1, 0.15) is 5.69 Å². The van der Waals surface area contributed by atoms with Crippen LogP contribution < -0.4 is 10.9 Å². The van der Waals surface area contributed by atoms with Crippen LogP contribution in [0.5, 0.6) is 0 Å². The van der Waals surface area contributed by atoms with Crippen LogP contribution in [0.2, 0.25) is 0 Å². The maximum Gasteiger partial charge on any atom is 0.276 e. The van der Waals surface area contributed by atoms with E-state index in [1.165, 1.54) is 12.1 Å². The number of amides is 1. The van der Waals surface area contributed by atoms with Gasteiger partial charge in [0.2, 0.25) is 0 Å². The molecule has 0 saturated heterocycles. The Morgan fingerprint density at radius 2 is 2.06 bits per heavy atom. The van der Waals surface area contributed by atoms with E-state index in [4.69, 9.17) is 0 Å². The zero-order valence-corrected chi connectivity index (χ0v) is 10.9. The summed E-state index contributed by atoms with van der Waals surface area (Å²) in [6, 6.07) is 10.1. The van der Waals surface area contributed by atoms with Crippen LogP contribution in [0.4, 0.5) is 5.69 Å². The summed E-state index contributed by atoms with van der Waals surface area (Å²) in [5.74, 6) is -0.361. The highest BCUT2D eigenvalue weighted by Gasteiger charge is 2.09. The Morgan fingerprint density at radius 3 is 2.72 bits per heavy atom. The number of carbonyl (C=O) groups excluding carboxylic acids is 1. The molecule has 2 aromatic rings. The smallest absolute Gasteiger partial charge is 0.276 e. The highest BCUT2D eigenvalue weighted by molar-refractivity contribution is 9.08. The number of alkyl halides is 1. The lowest BCUT2D eigenvalue weighted by Crippen LogP contribution is -2.18. The Labute approximate surface area is 111 Å². The van der Waals surface area contributed by atoms with E-state index in [2.05, 4.69) is 31.4 Å². The molecule has 0 aliphatic rings. The zero-order valence-electron chi connectivity index (χ0n) is 9.31. The molecule has 1 amide bonds. The van der Waals surface area contributed by atoms with Gasteiger partial charge in [-0.1, -0.05) is 34.1 Å². The van der Waals surface area contributed by atoms with Crippen molar-refractivity contribution in [3.63, 3.8) is 0 Å². The topological polar surface area (TPSA) is 74.8 Å². The third-order valence-corrected chi connectivity index (χ3v) is 2.93. The van der Waals surface area contributed by atoms with Gasteiger partial charge < -0.3 is 5.32 Å². The lowest BCUT2D eigenvalue weighted by molar-refractivity contribution is 0.102. The van der Waals surface area contributed by atoms with Crippen LogP contribution in [0.15, 0.2) is 41.2 Å². The van der Waals surface area contributed by atoms with Gasteiger partial charge in [-0.3, -0.25) is 9.59 Å². The van der Waals surface area contributed by atoms with Gasteiger partial charge in [-0.25, -0.2) is 5.10 Å². The fourth-order valence-corrected chi connectivity index (χ4v) is 1.91. The number of para-hydroxylation sites is 1. The van der Waals surface area contributed by atoms with Crippen LogP contribution in [0.3, 0.4) is 0 Å². The van der Waals surface area contributed by atoms with Gasteiger partial charge >= 0.3 is 0 Å². The quantitative estimate of drug-likeness (QED) is 0.851. The molecule has 1 aromatic heterocycles. The molecule has 0 aliphatic carbocycles. The molecule has 0 spiro atoms. The van der Waals surface area contributed by atoms with Gasteiger partial charge in [0.15, 0.2) is 0 Å². The maximum absolute atomic E-state index is 11.9. The number of H-pyrrole nitrogens is 1. The first kappa shape index (κ1) is 12.5. The van der Waals surface area contributed by atoms with Crippen molar-refractivity contribution in [3.05, 3.63) is 58.0 Å². The predicted molar refractivity (Wildman–Crippen MR) is 71.9 cm³/mol. The zero-order chi connectivity index (χ0) is 13.0. The van der Waals surface area contributed by atoms with Gasteiger partial charge in [-0.15, -0.1) is 0 Å². The van der Waals surface area contributed by atoms with Crippen molar-refractivity contribution < 1.29 is 4.79 Å². The van der Waals surface area contributed by atoms with Gasteiger partial charge in [-0.2, -0.15) is 5.10 Å². The lowest BCUT2D eigenvalue weighted by atomic mass is 10.2. The number of hydrogen-bond donors (Lipinski definition) is 2. The summed E-state index contributed by atoms with van der Waals surface area (Å²) in [5.41, 5.74) is 1.51. The number of rotatable bonds is 3. The van der Waals surface area contributed by atoms with Crippen LogP contribution in [0.1, 0.15) is 16.1 Å². The van der Waals surface area contributed by atoms with Crippen LogP contribution in [0, 0.1) is 0 Å². The second-order valence-electron chi connectivity index (χ2n) is 3.55. The first-order valence-electron chi connectivity index (χ1n) is 5.21. The maximum atomic E-state index is 11.9.